The van der Waals surface area contributed by atoms with E-state index in [0.717, 1.165) is 11.3 Å². The molecule has 0 fully saturated rings. The zero-order valence-corrected chi connectivity index (χ0v) is 14.7. The summed E-state index contributed by atoms with van der Waals surface area (Å²) in [5.74, 6) is -0.754. The Labute approximate surface area is 146 Å². The van der Waals surface area contributed by atoms with Crippen LogP contribution in [0.2, 0.25) is 0 Å². The van der Waals surface area contributed by atoms with Crippen LogP contribution in [0.4, 0.5) is 10.8 Å². The molecule has 25 heavy (non-hydrogen) atoms. The van der Waals surface area contributed by atoms with E-state index in [2.05, 4.69) is 15.5 Å². The van der Waals surface area contributed by atoms with Gasteiger partial charge in [0.1, 0.15) is 0 Å². The smallest absolute Gasteiger partial charge is 0.310 e. The normalized spacial score (nSPS) is 11.1. The summed E-state index contributed by atoms with van der Waals surface area (Å²) in [5, 5.41) is 20.4. The first-order valence-corrected chi connectivity index (χ1v) is 9.52. The van der Waals surface area contributed by atoms with Crippen LogP contribution in [-0.2, 0) is 14.6 Å². The number of aromatic nitrogens is 2. The minimum absolute atomic E-state index is 0.00541. The van der Waals surface area contributed by atoms with Gasteiger partial charge in [0.15, 0.2) is 12.4 Å². The molecule has 0 spiro atoms. The molecule has 0 bridgehead atoms. The Hall–Kier alpha value is -2.60. The number of carbonyl (C=O) groups is 1. The van der Waals surface area contributed by atoms with Crippen LogP contribution in [0, 0.1) is 10.1 Å². The van der Waals surface area contributed by atoms with Gasteiger partial charge in [-0.15, -0.1) is 10.2 Å². The summed E-state index contributed by atoms with van der Waals surface area (Å²) < 4.78 is 28.7. The van der Waals surface area contributed by atoms with Crippen LogP contribution in [0.5, 0.6) is 5.75 Å². The highest BCUT2D eigenvalue weighted by atomic mass is 32.2. The first-order chi connectivity index (χ1) is 11.8. The first-order valence-electron chi connectivity index (χ1n) is 7.06. The number of rotatable bonds is 8. The van der Waals surface area contributed by atoms with E-state index < -0.39 is 27.3 Å². The number of nitro groups is 1. The summed E-state index contributed by atoms with van der Waals surface area (Å²) >= 11 is 0.732. The molecule has 12 heteroatoms. The Balaban J connectivity index is 1.98. The summed E-state index contributed by atoms with van der Waals surface area (Å²) in [7, 11) is -3.51. The van der Waals surface area contributed by atoms with Crippen molar-refractivity contribution in [3.8, 4) is 5.75 Å². The molecule has 1 aromatic heterocycles. The highest BCUT2D eigenvalue weighted by molar-refractivity contribution is 7.93. The highest BCUT2D eigenvalue weighted by Crippen LogP contribution is 2.26. The second-order valence-corrected chi connectivity index (χ2v) is 8.01. The number of carbonyl (C=O) groups excluding carboxylic acids is 1. The Morgan fingerprint density at radius 3 is 2.76 bits per heavy atom. The number of hydrogen-bond donors (Lipinski definition) is 1. The van der Waals surface area contributed by atoms with Gasteiger partial charge in [0, 0.05) is 6.07 Å². The number of para-hydroxylation sites is 2. The molecule has 0 saturated heterocycles. The summed E-state index contributed by atoms with van der Waals surface area (Å²) in [5.41, 5.74) is -0.265. The average molecular weight is 386 g/mol. The van der Waals surface area contributed by atoms with Crippen LogP contribution < -0.4 is 10.1 Å². The molecule has 10 nitrogen and oxygen atoms in total. The minimum atomic E-state index is -3.51. The number of benzene rings is 1. The van der Waals surface area contributed by atoms with Crippen LogP contribution in [0.25, 0.3) is 0 Å². The molecular formula is C13H14N4O6S2. The van der Waals surface area contributed by atoms with Gasteiger partial charge in [-0.1, -0.05) is 30.4 Å². The maximum Gasteiger partial charge on any atom is 0.310 e. The monoisotopic (exact) mass is 386 g/mol. The number of sulfone groups is 1. The minimum Gasteiger partial charge on any atom is -0.477 e. The van der Waals surface area contributed by atoms with E-state index in [1.54, 1.807) is 6.92 Å². The van der Waals surface area contributed by atoms with Gasteiger partial charge in [0.05, 0.1) is 10.7 Å². The third-order valence-corrected chi connectivity index (χ3v) is 6.02. The van der Waals surface area contributed by atoms with Gasteiger partial charge in [-0.3, -0.25) is 20.2 Å². The van der Waals surface area contributed by atoms with Crippen LogP contribution in [0.1, 0.15) is 13.3 Å². The fourth-order valence-corrected chi connectivity index (χ4v) is 4.14. The van der Waals surface area contributed by atoms with Crippen LogP contribution in [0.15, 0.2) is 28.6 Å². The first kappa shape index (κ1) is 18.7. The van der Waals surface area contributed by atoms with Crippen LogP contribution in [0.3, 0.4) is 0 Å². The van der Waals surface area contributed by atoms with E-state index in [4.69, 9.17) is 4.74 Å². The number of nitrogens with zero attached hydrogens (tertiary/aromatic N) is 3. The van der Waals surface area contributed by atoms with Gasteiger partial charge in [-0.05, 0) is 12.5 Å². The van der Waals surface area contributed by atoms with Crippen LogP contribution in [-0.4, -0.2) is 41.8 Å². The van der Waals surface area contributed by atoms with Crippen molar-refractivity contribution in [2.45, 2.75) is 17.7 Å². The quantitative estimate of drug-likeness (QED) is 0.410. The van der Waals surface area contributed by atoms with E-state index in [1.165, 1.54) is 24.3 Å². The standard InChI is InChI=1S/C13H14N4O6S2/c1-2-7-25(21,22)13-16-15-12(24-13)14-11(18)8-23-10-6-4-3-5-9(10)17(19)20/h3-6H,2,7-8H2,1H3,(H,14,15,18). The maximum atomic E-state index is 11.9. The van der Waals surface area contributed by atoms with Crippen molar-refractivity contribution in [2.75, 3.05) is 17.7 Å². The molecule has 0 aliphatic rings. The predicted molar refractivity (Wildman–Crippen MR) is 89.5 cm³/mol. The predicted octanol–water partition coefficient (Wildman–Crippen LogP) is 1.65. The average Bonchev–Trinajstić information content (AvgIpc) is 3.02. The lowest BCUT2D eigenvalue weighted by molar-refractivity contribution is -0.385. The molecule has 0 aliphatic carbocycles. The second kappa shape index (κ2) is 7.98. The molecular weight excluding hydrogens is 372 g/mol. The number of ether oxygens (including phenoxy) is 1. The Morgan fingerprint density at radius 2 is 2.08 bits per heavy atom. The van der Waals surface area contributed by atoms with Gasteiger partial charge in [-0.25, -0.2) is 8.42 Å². The summed E-state index contributed by atoms with van der Waals surface area (Å²) in [6, 6.07) is 5.63. The molecule has 2 aromatic rings. The molecule has 1 aromatic carbocycles. The Kier molecular flexibility index (Phi) is 5.98. The lowest BCUT2D eigenvalue weighted by atomic mass is 10.3. The third-order valence-electron chi connectivity index (χ3n) is 2.81. The molecule has 0 atom stereocenters. The lowest BCUT2D eigenvalue weighted by Crippen LogP contribution is -2.20. The molecule has 1 amide bonds. The van der Waals surface area contributed by atoms with Crippen molar-refractivity contribution in [1.29, 1.82) is 0 Å². The third kappa shape index (κ3) is 4.93. The van der Waals surface area contributed by atoms with Gasteiger partial charge < -0.3 is 4.74 Å². The van der Waals surface area contributed by atoms with Gasteiger partial charge in [-0.2, -0.15) is 0 Å². The van der Waals surface area contributed by atoms with E-state index >= 15 is 0 Å². The van der Waals surface area contributed by atoms with Gasteiger partial charge >= 0.3 is 5.69 Å². The highest BCUT2D eigenvalue weighted by Gasteiger charge is 2.20. The lowest BCUT2D eigenvalue weighted by Gasteiger charge is -2.05. The van der Waals surface area contributed by atoms with Gasteiger partial charge in [0.25, 0.3) is 5.91 Å². The molecule has 0 saturated carbocycles. The molecule has 0 unspecified atom stereocenters. The largest absolute Gasteiger partial charge is 0.477 e. The number of nitro benzene ring substituents is 1. The zero-order valence-electron chi connectivity index (χ0n) is 13.0. The van der Waals surface area contributed by atoms with Crippen molar-refractivity contribution >= 4 is 37.9 Å². The molecule has 0 aliphatic heterocycles. The molecule has 134 valence electrons. The number of nitrogens with one attached hydrogen (secondary N) is 1. The summed E-state index contributed by atoms with van der Waals surface area (Å²) in [6.07, 6.45) is 0.438. The molecule has 2 rings (SSSR count). The van der Waals surface area contributed by atoms with Crippen LogP contribution >= 0.6 is 11.3 Å². The topological polar surface area (TPSA) is 141 Å². The van der Waals surface area contributed by atoms with E-state index in [-0.39, 0.29) is 26.7 Å². The molecule has 1 N–H and O–H groups in total. The maximum absolute atomic E-state index is 11.9. The fourth-order valence-electron chi connectivity index (χ4n) is 1.77. The van der Waals surface area contributed by atoms with E-state index in [0.29, 0.717) is 6.42 Å². The molecule has 0 radical (unpaired) electrons. The van der Waals surface area contributed by atoms with Crippen molar-refractivity contribution in [2.24, 2.45) is 0 Å². The van der Waals surface area contributed by atoms with E-state index in [1.807, 2.05) is 0 Å². The van der Waals surface area contributed by atoms with Gasteiger partial charge in [0.2, 0.25) is 19.3 Å². The van der Waals surface area contributed by atoms with Crippen molar-refractivity contribution in [1.82, 2.24) is 10.2 Å². The fraction of sp³-hybridized carbons (Fsp3) is 0.308. The summed E-state index contributed by atoms with van der Waals surface area (Å²) in [4.78, 5) is 22.1. The Morgan fingerprint density at radius 1 is 1.36 bits per heavy atom. The van der Waals surface area contributed by atoms with Crippen molar-refractivity contribution < 1.29 is 22.9 Å². The number of hydrogen-bond acceptors (Lipinski definition) is 9. The van der Waals surface area contributed by atoms with E-state index in [9.17, 15) is 23.3 Å². The van der Waals surface area contributed by atoms with Crippen molar-refractivity contribution in [3.63, 3.8) is 0 Å². The number of amides is 1. The second-order valence-electron chi connectivity index (χ2n) is 4.75. The summed E-state index contributed by atoms with van der Waals surface area (Å²) in [6.45, 7) is 1.23. The van der Waals surface area contributed by atoms with Crippen molar-refractivity contribution in [3.05, 3.63) is 34.4 Å². The zero-order chi connectivity index (χ0) is 18.4. The number of anilines is 1. The Bertz CT molecular complexity index is 880. The SMILES string of the molecule is CCCS(=O)(=O)c1nnc(NC(=O)COc2ccccc2[N+](=O)[O-])s1. The molecule has 1 heterocycles.